The fourth-order valence-electron chi connectivity index (χ4n) is 0. The van der Waals surface area contributed by atoms with Gasteiger partial charge >= 0.3 is 37.7 Å². The van der Waals surface area contributed by atoms with E-state index in [9.17, 15) is 0 Å². The molecule has 0 aliphatic heterocycles. The van der Waals surface area contributed by atoms with Crippen LogP contribution in [0.25, 0.3) is 0 Å². The second-order valence-corrected chi connectivity index (χ2v) is 1.72. The summed E-state index contributed by atoms with van der Waals surface area (Å²) in [6.07, 6.45) is 0. The molecule has 0 fully saturated rings. The van der Waals surface area contributed by atoms with Crippen molar-refractivity contribution in [3.63, 3.8) is 0 Å². The van der Waals surface area contributed by atoms with Crippen LogP contribution in [0.2, 0.25) is 0 Å². The van der Waals surface area contributed by atoms with Gasteiger partial charge in [-0.25, -0.2) is 0 Å². The zero-order valence-electron chi connectivity index (χ0n) is 9.90. The molecule has 0 atom stereocenters. The molecule has 20 radical (unpaired) electrons. The van der Waals surface area contributed by atoms with Crippen LogP contribution in [0.15, 0.2) is 0 Å². The first kappa shape index (κ1) is 30.8. The van der Waals surface area contributed by atoms with Gasteiger partial charge in [-0.3, -0.25) is 0 Å². The monoisotopic (exact) mass is 278 g/mol. The number of carbonyl (C=O) groups excluding carboxylic acids is 6. The Labute approximate surface area is 133 Å². The van der Waals surface area contributed by atoms with Gasteiger partial charge in [-0.15, -0.1) is 0 Å². The van der Waals surface area contributed by atoms with Crippen molar-refractivity contribution in [3.8, 4) is 0 Å². The topological polar surface area (TPSA) is 241 Å². The first-order valence-electron chi connectivity index (χ1n) is 3.20. The normalized spacial score (nSPS) is 6.60. The Hall–Kier alpha value is -1.99. The van der Waals surface area contributed by atoms with E-state index in [1.807, 2.05) is 0 Å². The van der Waals surface area contributed by atoms with E-state index in [1.165, 1.54) is 0 Å². The summed E-state index contributed by atoms with van der Waals surface area (Å²) in [7, 11) is 0. The molecule has 0 heterocycles. The molecule has 0 spiro atoms. The van der Waals surface area contributed by atoms with Crippen LogP contribution >= 0.6 is 0 Å². The smallest absolute Gasteiger partial charge is 0.543 e. The van der Waals surface area contributed by atoms with Gasteiger partial charge in [0.2, 0.25) is 0 Å². The third-order valence-corrected chi connectivity index (χ3v) is 0.500. The van der Waals surface area contributed by atoms with Gasteiger partial charge in [0, 0.05) is 0 Å². The van der Waals surface area contributed by atoms with Crippen LogP contribution < -0.4 is 30.6 Å². The van der Waals surface area contributed by atoms with Crippen molar-refractivity contribution in [3.05, 3.63) is 0 Å². The van der Waals surface area contributed by atoms with Gasteiger partial charge in [-0.1, -0.05) is 0 Å². The summed E-state index contributed by atoms with van der Waals surface area (Å²) in [4.78, 5) is 53.6. The van der Waals surface area contributed by atoms with Gasteiger partial charge in [0.25, 0.3) is 0 Å². The molecule has 0 aromatic heterocycles. The van der Waals surface area contributed by atoms with Gasteiger partial charge in [0.15, 0.2) is 0 Å². The Morgan fingerprint density at radius 1 is 0.350 bits per heavy atom. The summed E-state index contributed by atoms with van der Waals surface area (Å²) in [6.45, 7) is 0. The number of carboxylic acid groups (broad SMARTS) is 6. The minimum absolute atomic E-state index is 0. The largest absolute Gasteiger partial charge is 3.00 e. The second-order valence-electron chi connectivity index (χ2n) is 1.72. The van der Waals surface area contributed by atoms with Crippen LogP contribution in [-0.2, 0) is 28.8 Å². The minimum atomic E-state index is -2.19. The van der Waals surface area contributed by atoms with Gasteiger partial charge < -0.3 is 59.4 Å². The van der Waals surface area contributed by atoms with Crippen LogP contribution in [0.1, 0.15) is 0 Å². The number of hydrogen-bond donors (Lipinski definition) is 0. The number of carbonyl (C=O) groups is 6. The molecule has 98 valence electrons. The number of carboxylic acids is 6. The standard InChI is InChI=1S/3C2H2O4.2Li/c3*3-1(4)2(5)6;;/h3*(H,3,4)(H,5,6);;/q;;;2*+3/p-6. The summed E-state index contributed by atoms with van der Waals surface area (Å²) < 4.78 is 0. The molecule has 0 aromatic carbocycles. The van der Waals surface area contributed by atoms with Crippen molar-refractivity contribution < 1.29 is 59.4 Å². The van der Waals surface area contributed by atoms with Gasteiger partial charge in [-0.05, 0) is 0 Å². The molecule has 0 aliphatic carbocycles. The molecule has 20 heavy (non-hydrogen) atoms. The Morgan fingerprint density at radius 3 is 0.400 bits per heavy atom. The second kappa shape index (κ2) is 17.0. The van der Waals surface area contributed by atoms with Crippen molar-refractivity contribution >= 4 is 73.5 Å². The molecule has 0 amide bonds. The third kappa shape index (κ3) is 36.0. The first-order chi connectivity index (χ1) is 7.93. The maximum Gasteiger partial charge on any atom is 3.00 e. The molecule has 0 unspecified atom stereocenters. The Bertz CT molecular complexity index is 281. The van der Waals surface area contributed by atoms with Crippen molar-refractivity contribution in [1.82, 2.24) is 0 Å². The van der Waals surface area contributed by atoms with Crippen molar-refractivity contribution in [2.75, 3.05) is 0 Å². The van der Waals surface area contributed by atoms with E-state index in [-0.39, 0.29) is 37.7 Å². The number of hydrogen-bond acceptors (Lipinski definition) is 12. The van der Waals surface area contributed by atoms with E-state index in [4.69, 9.17) is 59.4 Å². The van der Waals surface area contributed by atoms with E-state index >= 15 is 0 Å². The van der Waals surface area contributed by atoms with Gasteiger partial charge in [0.1, 0.15) is 0 Å². The minimum Gasteiger partial charge on any atom is -0.543 e. The summed E-state index contributed by atoms with van der Waals surface area (Å²) in [5.41, 5.74) is 0. The molecule has 0 saturated heterocycles. The Kier molecular flexibility index (Phi) is 26.2. The number of rotatable bonds is 0. The SMILES string of the molecule is O=C([O-])C(=O)[O-].O=C([O-])C(=O)[O-].O=C([O-])C(=O)[O-].[Li+3].[Li+3]. The van der Waals surface area contributed by atoms with Crippen LogP contribution in [0, 0.1) is 0 Å². The van der Waals surface area contributed by atoms with E-state index in [1.54, 1.807) is 0 Å². The van der Waals surface area contributed by atoms with E-state index in [0.717, 1.165) is 0 Å². The van der Waals surface area contributed by atoms with Gasteiger partial charge in [-0.2, -0.15) is 0 Å². The fourth-order valence-corrected chi connectivity index (χ4v) is 0. The maximum absolute atomic E-state index is 8.93. The molecule has 0 rings (SSSR count). The average molecular weight is 278 g/mol. The molecule has 14 heteroatoms. The predicted octanol–water partition coefficient (Wildman–Crippen LogP) is -11.3. The number of aliphatic carboxylic acids is 6. The van der Waals surface area contributed by atoms with Crippen molar-refractivity contribution in [2.24, 2.45) is 0 Å². The summed E-state index contributed by atoms with van der Waals surface area (Å²) in [5.74, 6) is -13.1. The van der Waals surface area contributed by atoms with Crippen molar-refractivity contribution in [2.45, 2.75) is 0 Å². The summed E-state index contributed by atoms with van der Waals surface area (Å²) in [5, 5.41) is 53.6. The van der Waals surface area contributed by atoms with E-state index in [0.29, 0.717) is 0 Å². The molecule has 0 N–H and O–H groups in total. The quantitative estimate of drug-likeness (QED) is 0.296. The molecule has 0 aromatic rings. The zero-order chi connectivity index (χ0) is 15.5. The van der Waals surface area contributed by atoms with E-state index in [2.05, 4.69) is 0 Å². The Morgan fingerprint density at radius 2 is 0.400 bits per heavy atom. The summed E-state index contributed by atoms with van der Waals surface area (Å²) in [6, 6.07) is 0. The predicted molar refractivity (Wildman–Crippen MR) is 41.5 cm³/mol. The molecule has 0 aliphatic rings. The van der Waals surface area contributed by atoms with E-state index < -0.39 is 35.8 Å². The molecular weight excluding hydrogens is 278 g/mol. The van der Waals surface area contributed by atoms with Crippen LogP contribution in [0.5, 0.6) is 0 Å². The average Bonchev–Trinajstić information content (AvgIpc) is 2.18. The molecule has 0 saturated carbocycles. The fraction of sp³-hybridized carbons (Fsp3) is 0. The molecule has 12 nitrogen and oxygen atoms in total. The maximum atomic E-state index is 8.93. The Balaban J connectivity index is -0.0000000536. The molecular formula is C6Li2O12. The van der Waals surface area contributed by atoms with Crippen LogP contribution in [-0.4, -0.2) is 73.5 Å². The van der Waals surface area contributed by atoms with Gasteiger partial charge in [0.05, 0.1) is 35.8 Å². The van der Waals surface area contributed by atoms with Crippen LogP contribution in [0.4, 0.5) is 0 Å². The molecule has 0 bridgehead atoms. The summed E-state index contributed by atoms with van der Waals surface area (Å²) >= 11 is 0. The first-order valence-corrected chi connectivity index (χ1v) is 3.20. The van der Waals surface area contributed by atoms with Crippen molar-refractivity contribution in [1.29, 1.82) is 0 Å². The zero-order valence-corrected chi connectivity index (χ0v) is 9.90. The van der Waals surface area contributed by atoms with Crippen LogP contribution in [0.3, 0.4) is 0 Å². The third-order valence-electron chi connectivity index (χ3n) is 0.500.